The minimum atomic E-state index is 0.468. The van der Waals surface area contributed by atoms with Crippen molar-refractivity contribution in [3.05, 3.63) is 24.4 Å². The molecule has 0 saturated carbocycles. The molecule has 5 nitrogen and oxygen atoms in total. The zero-order valence-corrected chi connectivity index (χ0v) is 13.7. The van der Waals surface area contributed by atoms with Gasteiger partial charge in [0.25, 0.3) is 0 Å². The Morgan fingerprint density at radius 1 is 1.05 bits per heavy atom. The lowest BCUT2D eigenvalue weighted by molar-refractivity contribution is 0.398. The number of ether oxygens (including phenoxy) is 1. The zero-order valence-electron chi connectivity index (χ0n) is 13.7. The average molecular weight is 280 g/mol. The lowest BCUT2D eigenvalue weighted by Crippen LogP contribution is -1.87. The number of nitrogens with two attached hydrogens (primary N) is 1. The topological polar surface area (TPSA) is 76.8 Å². The van der Waals surface area contributed by atoms with Gasteiger partial charge in [-0.15, -0.1) is 0 Å². The van der Waals surface area contributed by atoms with Crippen LogP contribution >= 0.6 is 0 Å². The Morgan fingerprint density at radius 2 is 1.65 bits per heavy atom. The van der Waals surface area contributed by atoms with Gasteiger partial charge in [-0.1, -0.05) is 41.5 Å². The van der Waals surface area contributed by atoms with E-state index in [0.29, 0.717) is 11.7 Å². The standard InChI is InChI=1S/C9H10N4O.3C2H6/c1-14-9-3-2-6(5-11-9)7-4-8(10)13-12-7;3*1-2/h2-5H,1H3,(H3,10,12,13);3*1-2H3. The molecule has 114 valence electrons. The van der Waals surface area contributed by atoms with Crippen LogP contribution in [0.5, 0.6) is 5.88 Å². The molecule has 3 N–H and O–H groups in total. The van der Waals surface area contributed by atoms with Crippen LogP contribution < -0.4 is 10.5 Å². The number of methoxy groups -OCH3 is 1. The van der Waals surface area contributed by atoms with Gasteiger partial charge in [-0.2, -0.15) is 5.10 Å². The monoisotopic (exact) mass is 280 g/mol. The second kappa shape index (κ2) is 13.4. The lowest BCUT2D eigenvalue weighted by atomic mass is 10.2. The minimum Gasteiger partial charge on any atom is -0.481 e. The van der Waals surface area contributed by atoms with Gasteiger partial charge in [0.15, 0.2) is 0 Å². The maximum atomic E-state index is 5.48. The summed E-state index contributed by atoms with van der Waals surface area (Å²) in [6.07, 6.45) is 1.70. The number of nitrogens with zero attached hydrogens (tertiary/aromatic N) is 2. The molecular weight excluding hydrogens is 252 g/mol. The fourth-order valence-corrected chi connectivity index (χ4v) is 1.15. The Hall–Kier alpha value is -2.04. The van der Waals surface area contributed by atoms with Crippen molar-refractivity contribution in [2.24, 2.45) is 0 Å². The molecule has 0 unspecified atom stereocenters. The number of nitrogens with one attached hydrogen (secondary N) is 1. The maximum Gasteiger partial charge on any atom is 0.212 e. The SMILES string of the molecule is CC.CC.CC.COc1ccc(-c2cc(N)n[nH]2)cn1. The van der Waals surface area contributed by atoms with Crippen LogP contribution in [0.25, 0.3) is 11.3 Å². The fraction of sp³-hybridized carbons (Fsp3) is 0.467. The highest BCUT2D eigenvalue weighted by Gasteiger charge is 2.01. The van der Waals surface area contributed by atoms with Crippen molar-refractivity contribution in [1.82, 2.24) is 15.2 Å². The third-order valence-electron chi connectivity index (χ3n) is 1.85. The molecular formula is C15H28N4O. The predicted octanol–water partition coefficient (Wildman–Crippen LogP) is 4.14. The molecule has 0 saturated heterocycles. The van der Waals surface area contributed by atoms with Gasteiger partial charge in [0.2, 0.25) is 5.88 Å². The Morgan fingerprint density at radius 3 is 2.00 bits per heavy atom. The molecule has 0 radical (unpaired) electrons. The minimum absolute atomic E-state index is 0.468. The molecule has 0 aliphatic heterocycles. The Labute approximate surface area is 122 Å². The van der Waals surface area contributed by atoms with E-state index in [4.69, 9.17) is 10.5 Å². The van der Waals surface area contributed by atoms with E-state index in [9.17, 15) is 0 Å². The van der Waals surface area contributed by atoms with Crippen molar-refractivity contribution in [2.45, 2.75) is 41.5 Å². The van der Waals surface area contributed by atoms with Crippen molar-refractivity contribution in [2.75, 3.05) is 12.8 Å². The number of rotatable bonds is 2. The van der Waals surface area contributed by atoms with Crippen LogP contribution in [0.4, 0.5) is 5.82 Å². The summed E-state index contributed by atoms with van der Waals surface area (Å²) in [6, 6.07) is 5.43. The normalized spacial score (nSPS) is 7.95. The smallest absolute Gasteiger partial charge is 0.212 e. The molecule has 2 aromatic rings. The first kappa shape index (κ1) is 20.3. The molecule has 0 spiro atoms. The van der Waals surface area contributed by atoms with E-state index in [2.05, 4.69) is 15.2 Å². The quantitative estimate of drug-likeness (QED) is 0.866. The van der Waals surface area contributed by atoms with Gasteiger partial charge in [-0.3, -0.25) is 5.10 Å². The van der Waals surface area contributed by atoms with Crippen LogP contribution in [-0.2, 0) is 0 Å². The number of hydrogen-bond acceptors (Lipinski definition) is 4. The summed E-state index contributed by atoms with van der Waals surface area (Å²) in [4.78, 5) is 4.07. The van der Waals surface area contributed by atoms with E-state index in [1.54, 1.807) is 25.4 Å². The number of H-pyrrole nitrogens is 1. The molecule has 0 bridgehead atoms. The first-order valence-corrected chi connectivity index (χ1v) is 7.11. The Balaban J connectivity index is 0. The van der Waals surface area contributed by atoms with Gasteiger partial charge >= 0.3 is 0 Å². The first-order chi connectivity index (χ1) is 9.79. The van der Waals surface area contributed by atoms with Crippen molar-refractivity contribution >= 4 is 5.82 Å². The highest BCUT2D eigenvalue weighted by molar-refractivity contribution is 5.61. The zero-order chi connectivity index (χ0) is 16.0. The molecule has 2 aromatic heterocycles. The molecule has 0 aliphatic carbocycles. The van der Waals surface area contributed by atoms with E-state index < -0.39 is 0 Å². The van der Waals surface area contributed by atoms with E-state index >= 15 is 0 Å². The van der Waals surface area contributed by atoms with Gasteiger partial charge < -0.3 is 10.5 Å². The number of anilines is 1. The third-order valence-corrected chi connectivity index (χ3v) is 1.85. The van der Waals surface area contributed by atoms with Gasteiger partial charge in [0.05, 0.1) is 12.8 Å². The average Bonchev–Trinajstić information content (AvgIpc) is 3.00. The van der Waals surface area contributed by atoms with Crippen molar-refractivity contribution in [3.63, 3.8) is 0 Å². The van der Waals surface area contributed by atoms with Crippen molar-refractivity contribution in [1.29, 1.82) is 0 Å². The third kappa shape index (κ3) is 6.78. The van der Waals surface area contributed by atoms with Crippen LogP contribution in [0.15, 0.2) is 24.4 Å². The van der Waals surface area contributed by atoms with E-state index in [1.807, 2.05) is 47.6 Å². The Bertz CT molecular complexity index is 424. The summed E-state index contributed by atoms with van der Waals surface area (Å²) in [5, 5.41) is 6.63. The van der Waals surface area contributed by atoms with E-state index in [-0.39, 0.29) is 0 Å². The fourth-order valence-electron chi connectivity index (χ4n) is 1.15. The summed E-state index contributed by atoms with van der Waals surface area (Å²) in [5.41, 5.74) is 7.26. The number of nitrogen functional groups attached to an aromatic ring is 1. The molecule has 5 heteroatoms. The maximum absolute atomic E-state index is 5.48. The second-order valence-electron chi connectivity index (χ2n) is 2.80. The Kier molecular flexibility index (Phi) is 13.6. The molecule has 0 atom stereocenters. The number of hydrogen-bond donors (Lipinski definition) is 2. The van der Waals surface area contributed by atoms with Crippen LogP contribution in [0, 0.1) is 0 Å². The molecule has 0 aliphatic rings. The number of aromatic amines is 1. The molecule has 0 amide bonds. The lowest BCUT2D eigenvalue weighted by Gasteiger charge is -1.99. The van der Waals surface area contributed by atoms with Gasteiger partial charge in [0, 0.05) is 23.9 Å². The van der Waals surface area contributed by atoms with Crippen molar-refractivity contribution < 1.29 is 4.74 Å². The summed E-state index contributed by atoms with van der Waals surface area (Å²) >= 11 is 0. The summed E-state index contributed by atoms with van der Waals surface area (Å²) in [5.74, 6) is 1.05. The molecule has 0 fully saturated rings. The molecule has 20 heavy (non-hydrogen) atoms. The van der Waals surface area contributed by atoms with E-state index in [1.165, 1.54) is 0 Å². The molecule has 2 heterocycles. The predicted molar refractivity (Wildman–Crippen MR) is 86.8 cm³/mol. The van der Waals surface area contributed by atoms with Gasteiger partial charge in [0.1, 0.15) is 5.82 Å². The van der Waals surface area contributed by atoms with Crippen LogP contribution in [0.1, 0.15) is 41.5 Å². The summed E-state index contributed by atoms with van der Waals surface area (Å²) in [6.45, 7) is 12.0. The largest absolute Gasteiger partial charge is 0.481 e. The number of aromatic nitrogens is 3. The second-order valence-corrected chi connectivity index (χ2v) is 2.80. The molecule has 2 rings (SSSR count). The van der Waals surface area contributed by atoms with Crippen LogP contribution in [0.2, 0.25) is 0 Å². The molecule has 0 aromatic carbocycles. The van der Waals surface area contributed by atoms with Crippen LogP contribution in [-0.4, -0.2) is 22.3 Å². The van der Waals surface area contributed by atoms with E-state index in [0.717, 1.165) is 11.3 Å². The highest BCUT2D eigenvalue weighted by atomic mass is 16.5. The van der Waals surface area contributed by atoms with Gasteiger partial charge in [-0.25, -0.2) is 4.98 Å². The first-order valence-electron chi connectivity index (χ1n) is 7.11. The summed E-state index contributed by atoms with van der Waals surface area (Å²) in [7, 11) is 1.58. The summed E-state index contributed by atoms with van der Waals surface area (Å²) < 4.78 is 4.95. The highest BCUT2D eigenvalue weighted by Crippen LogP contribution is 2.19. The van der Waals surface area contributed by atoms with Crippen LogP contribution in [0.3, 0.4) is 0 Å². The van der Waals surface area contributed by atoms with Gasteiger partial charge in [-0.05, 0) is 6.07 Å². The van der Waals surface area contributed by atoms with Crippen molar-refractivity contribution in [3.8, 4) is 17.1 Å². The number of pyridine rings is 1.